The van der Waals surface area contributed by atoms with E-state index in [0.29, 0.717) is 18.7 Å². The number of primary sulfonamides is 1. The van der Waals surface area contributed by atoms with E-state index in [1.807, 2.05) is 26.0 Å². The van der Waals surface area contributed by atoms with Gasteiger partial charge in [0.2, 0.25) is 15.9 Å². The summed E-state index contributed by atoms with van der Waals surface area (Å²) in [6.07, 6.45) is 0.768. The van der Waals surface area contributed by atoms with Crippen LogP contribution in [0, 0.1) is 0 Å². The molecule has 0 aliphatic heterocycles. The molecule has 0 radical (unpaired) electrons. The molecule has 0 atom stereocenters. The third kappa shape index (κ3) is 7.38. The van der Waals surface area contributed by atoms with E-state index in [0.717, 1.165) is 11.3 Å². The molecule has 2 aromatic rings. The highest BCUT2D eigenvalue weighted by molar-refractivity contribution is 7.89. The number of carbonyl (C=O) groups is 1. The molecule has 2 rings (SSSR count). The molecule has 27 heavy (non-hydrogen) atoms. The van der Waals surface area contributed by atoms with Crippen molar-refractivity contribution in [2.24, 2.45) is 5.14 Å². The van der Waals surface area contributed by atoms with Gasteiger partial charge in [-0.25, -0.2) is 13.6 Å². The molecule has 4 N–H and O–H groups in total. The van der Waals surface area contributed by atoms with E-state index < -0.39 is 10.0 Å². The van der Waals surface area contributed by atoms with Crippen LogP contribution in [0.1, 0.15) is 19.4 Å². The summed E-state index contributed by atoms with van der Waals surface area (Å²) >= 11 is 0. The van der Waals surface area contributed by atoms with Crippen molar-refractivity contribution in [1.82, 2.24) is 5.32 Å². The molecule has 0 aliphatic rings. The topological polar surface area (TPSA) is 111 Å². The van der Waals surface area contributed by atoms with Crippen molar-refractivity contribution in [2.75, 3.05) is 18.4 Å². The third-order valence-corrected chi connectivity index (χ3v) is 4.57. The highest BCUT2D eigenvalue weighted by Crippen LogP contribution is 2.16. The summed E-state index contributed by atoms with van der Waals surface area (Å²) < 4.78 is 28.0. The van der Waals surface area contributed by atoms with Gasteiger partial charge in [-0.1, -0.05) is 12.1 Å². The number of sulfonamides is 1. The number of hydrogen-bond donors (Lipinski definition) is 3. The Morgan fingerprint density at radius 2 is 1.70 bits per heavy atom. The standard InChI is InChI=1S/C19H25N3O4S/c1-14(2)26-17-7-5-16(6-8-17)22-19(23)13-21-12-11-15-3-9-18(10-4-15)27(20,24)25/h3-10,14,21H,11-13H2,1-2H3,(H,22,23)(H2,20,24,25). The van der Waals surface area contributed by atoms with Gasteiger partial charge in [0.15, 0.2) is 0 Å². The first-order valence-corrected chi connectivity index (χ1v) is 10.2. The maximum Gasteiger partial charge on any atom is 0.238 e. The molecule has 0 bridgehead atoms. The Hall–Kier alpha value is -2.42. The molecule has 1 amide bonds. The third-order valence-electron chi connectivity index (χ3n) is 3.64. The summed E-state index contributed by atoms with van der Waals surface area (Å²) in [6.45, 7) is 4.68. The minimum atomic E-state index is -3.67. The molecule has 0 heterocycles. The zero-order valence-electron chi connectivity index (χ0n) is 15.4. The number of amides is 1. The van der Waals surface area contributed by atoms with Gasteiger partial charge in [-0.15, -0.1) is 0 Å². The fourth-order valence-electron chi connectivity index (χ4n) is 2.37. The van der Waals surface area contributed by atoms with Gasteiger partial charge >= 0.3 is 0 Å². The number of anilines is 1. The van der Waals surface area contributed by atoms with Gasteiger partial charge in [0.05, 0.1) is 17.5 Å². The van der Waals surface area contributed by atoms with Gasteiger partial charge in [0.25, 0.3) is 0 Å². The number of carbonyl (C=O) groups excluding carboxylic acids is 1. The Bertz CT molecular complexity index is 848. The van der Waals surface area contributed by atoms with Gasteiger partial charge in [-0.3, -0.25) is 4.79 Å². The highest BCUT2D eigenvalue weighted by atomic mass is 32.2. The van der Waals surface area contributed by atoms with Gasteiger partial charge in [0.1, 0.15) is 5.75 Å². The van der Waals surface area contributed by atoms with E-state index in [9.17, 15) is 13.2 Å². The second-order valence-electron chi connectivity index (χ2n) is 6.35. The minimum absolute atomic E-state index is 0.0865. The predicted molar refractivity (Wildman–Crippen MR) is 105 cm³/mol. The SMILES string of the molecule is CC(C)Oc1ccc(NC(=O)CNCCc2ccc(S(N)(=O)=O)cc2)cc1. The number of hydrogen-bond acceptors (Lipinski definition) is 5. The zero-order chi connectivity index (χ0) is 19.9. The van der Waals surface area contributed by atoms with Crippen LogP contribution in [0.5, 0.6) is 5.75 Å². The maximum atomic E-state index is 12.0. The van der Waals surface area contributed by atoms with Crippen LogP contribution < -0.4 is 20.5 Å². The molecular formula is C19H25N3O4S. The van der Waals surface area contributed by atoms with E-state index in [1.165, 1.54) is 12.1 Å². The van der Waals surface area contributed by atoms with Crippen molar-refractivity contribution in [3.63, 3.8) is 0 Å². The van der Waals surface area contributed by atoms with Crippen LogP contribution in [-0.4, -0.2) is 33.5 Å². The number of benzene rings is 2. The van der Waals surface area contributed by atoms with E-state index in [2.05, 4.69) is 10.6 Å². The van der Waals surface area contributed by atoms with Crippen molar-refractivity contribution in [1.29, 1.82) is 0 Å². The lowest BCUT2D eigenvalue weighted by Gasteiger charge is -2.11. The van der Waals surface area contributed by atoms with E-state index >= 15 is 0 Å². The summed E-state index contributed by atoms with van der Waals surface area (Å²) in [5.41, 5.74) is 1.66. The molecule has 0 fully saturated rings. The molecule has 0 saturated carbocycles. The first kappa shape index (κ1) is 20.9. The van der Waals surface area contributed by atoms with Crippen LogP contribution in [0.3, 0.4) is 0 Å². The van der Waals surface area contributed by atoms with Gasteiger partial charge < -0.3 is 15.4 Å². The van der Waals surface area contributed by atoms with E-state index in [-0.39, 0.29) is 23.5 Å². The second-order valence-corrected chi connectivity index (χ2v) is 7.92. The number of ether oxygens (including phenoxy) is 1. The molecular weight excluding hydrogens is 366 g/mol. The summed E-state index contributed by atoms with van der Waals surface area (Å²) in [5.74, 6) is 0.617. The van der Waals surface area contributed by atoms with Crippen molar-refractivity contribution in [2.45, 2.75) is 31.3 Å². The monoisotopic (exact) mass is 391 g/mol. The summed E-state index contributed by atoms with van der Waals surface area (Å²) in [7, 11) is -3.67. The quantitative estimate of drug-likeness (QED) is 0.566. The lowest BCUT2D eigenvalue weighted by Crippen LogP contribution is -2.29. The van der Waals surface area contributed by atoms with E-state index in [1.54, 1.807) is 24.3 Å². The predicted octanol–water partition coefficient (Wildman–Crippen LogP) is 1.89. The van der Waals surface area contributed by atoms with Gasteiger partial charge in [0, 0.05) is 5.69 Å². The Morgan fingerprint density at radius 1 is 1.07 bits per heavy atom. The van der Waals surface area contributed by atoms with E-state index in [4.69, 9.17) is 9.88 Å². The summed E-state index contributed by atoms with van der Waals surface area (Å²) in [6, 6.07) is 13.6. The van der Waals surface area contributed by atoms with Crippen LogP contribution in [0.25, 0.3) is 0 Å². The zero-order valence-corrected chi connectivity index (χ0v) is 16.3. The number of nitrogens with one attached hydrogen (secondary N) is 2. The molecule has 0 aromatic heterocycles. The summed E-state index contributed by atoms with van der Waals surface area (Å²) in [4.78, 5) is 12.0. The molecule has 0 aliphatic carbocycles. The van der Waals surface area contributed by atoms with Crippen LogP contribution in [0.4, 0.5) is 5.69 Å². The van der Waals surface area contributed by atoms with Crippen LogP contribution >= 0.6 is 0 Å². The molecule has 0 unspecified atom stereocenters. The Balaban J connectivity index is 1.71. The Morgan fingerprint density at radius 3 is 2.26 bits per heavy atom. The number of nitrogens with two attached hydrogens (primary N) is 1. The Labute approximate surface area is 160 Å². The summed E-state index contributed by atoms with van der Waals surface area (Å²) in [5, 5.41) is 10.9. The Kier molecular flexibility index (Phi) is 7.35. The largest absolute Gasteiger partial charge is 0.491 e. The molecule has 2 aromatic carbocycles. The van der Waals surface area contributed by atoms with Crippen molar-refractivity contribution in [3.05, 3.63) is 54.1 Å². The number of rotatable bonds is 9. The molecule has 8 heteroatoms. The molecule has 0 spiro atoms. The highest BCUT2D eigenvalue weighted by Gasteiger charge is 2.07. The van der Waals surface area contributed by atoms with Gasteiger partial charge in [-0.2, -0.15) is 0 Å². The lowest BCUT2D eigenvalue weighted by molar-refractivity contribution is -0.115. The average Bonchev–Trinajstić information content (AvgIpc) is 2.60. The van der Waals surface area contributed by atoms with Crippen molar-refractivity contribution >= 4 is 21.6 Å². The minimum Gasteiger partial charge on any atom is -0.491 e. The van der Waals surface area contributed by atoms with Crippen molar-refractivity contribution < 1.29 is 17.9 Å². The van der Waals surface area contributed by atoms with Crippen LogP contribution in [-0.2, 0) is 21.2 Å². The smallest absolute Gasteiger partial charge is 0.238 e. The fourth-order valence-corrected chi connectivity index (χ4v) is 2.89. The first-order chi connectivity index (χ1) is 12.7. The molecule has 7 nitrogen and oxygen atoms in total. The lowest BCUT2D eigenvalue weighted by atomic mass is 10.1. The normalized spacial score (nSPS) is 11.4. The molecule has 146 valence electrons. The molecule has 0 saturated heterocycles. The van der Waals surface area contributed by atoms with Crippen LogP contribution in [0.2, 0.25) is 0 Å². The first-order valence-electron chi connectivity index (χ1n) is 8.63. The maximum absolute atomic E-state index is 12.0. The fraction of sp³-hybridized carbons (Fsp3) is 0.316. The van der Waals surface area contributed by atoms with Crippen molar-refractivity contribution in [3.8, 4) is 5.75 Å². The van der Waals surface area contributed by atoms with Gasteiger partial charge in [-0.05, 0) is 68.8 Å². The average molecular weight is 391 g/mol. The second kappa shape index (κ2) is 9.50. The van der Waals surface area contributed by atoms with Crippen LogP contribution in [0.15, 0.2) is 53.4 Å².